The van der Waals surface area contributed by atoms with E-state index in [4.69, 9.17) is 16.1 Å². The van der Waals surface area contributed by atoms with Crippen LogP contribution in [-0.4, -0.2) is 21.0 Å². The molecule has 9 heteroatoms. The Hall–Kier alpha value is -3.65. The van der Waals surface area contributed by atoms with E-state index in [1.54, 1.807) is 18.2 Å². The van der Waals surface area contributed by atoms with Crippen molar-refractivity contribution in [1.29, 1.82) is 0 Å². The zero-order valence-electron chi connectivity index (χ0n) is 16.2. The molecule has 0 radical (unpaired) electrons. The van der Waals surface area contributed by atoms with Crippen molar-refractivity contribution in [3.63, 3.8) is 0 Å². The van der Waals surface area contributed by atoms with Crippen LogP contribution in [0.2, 0.25) is 5.02 Å². The molecule has 4 rings (SSSR count). The lowest BCUT2D eigenvalue weighted by Crippen LogP contribution is -2.15. The Morgan fingerprint density at radius 1 is 1.16 bits per heavy atom. The molecular formula is C22H15ClF2N4O2. The first-order valence-corrected chi connectivity index (χ1v) is 9.57. The van der Waals surface area contributed by atoms with Crippen molar-refractivity contribution >= 4 is 23.4 Å². The number of aryl methyl sites for hydroxylation is 1. The summed E-state index contributed by atoms with van der Waals surface area (Å²) in [5.41, 5.74) is 1.86. The van der Waals surface area contributed by atoms with Crippen LogP contribution in [0.3, 0.4) is 0 Å². The number of benzene rings is 2. The standard InChI is InChI=1S/C22H15ClF2N4O2/c1-12-5-6-17(25)14(9-12)21-20(18-7-8-26-11-27-18)22(31-29-21)28-19(30)10-13-15(23)3-2-4-16(13)24/h2-9,11H,10H2,1H3,(H,28,30). The van der Waals surface area contributed by atoms with Crippen molar-refractivity contribution in [3.05, 3.63) is 82.8 Å². The van der Waals surface area contributed by atoms with Crippen molar-refractivity contribution in [2.45, 2.75) is 13.3 Å². The van der Waals surface area contributed by atoms with Gasteiger partial charge in [0.05, 0.1) is 17.7 Å². The van der Waals surface area contributed by atoms with Crippen LogP contribution in [0, 0.1) is 18.6 Å². The minimum Gasteiger partial charge on any atom is -0.337 e. The maximum Gasteiger partial charge on any atom is 0.241 e. The van der Waals surface area contributed by atoms with Gasteiger partial charge in [0.1, 0.15) is 23.7 Å². The molecule has 6 nitrogen and oxygen atoms in total. The minimum absolute atomic E-state index is 0.0490. The van der Waals surface area contributed by atoms with Crippen LogP contribution in [-0.2, 0) is 11.2 Å². The Bertz CT molecular complexity index is 1240. The lowest BCUT2D eigenvalue weighted by molar-refractivity contribution is -0.115. The maximum atomic E-state index is 14.5. The van der Waals surface area contributed by atoms with Gasteiger partial charge in [-0.05, 0) is 37.3 Å². The van der Waals surface area contributed by atoms with Gasteiger partial charge >= 0.3 is 0 Å². The highest BCUT2D eigenvalue weighted by Crippen LogP contribution is 2.38. The summed E-state index contributed by atoms with van der Waals surface area (Å²) in [6.07, 6.45) is 2.48. The highest BCUT2D eigenvalue weighted by Gasteiger charge is 2.24. The van der Waals surface area contributed by atoms with E-state index >= 15 is 0 Å². The molecule has 0 fully saturated rings. The van der Waals surface area contributed by atoms with Crippen LogP contribution in [0.15, 0.2) is 59.5 Å². The molecule has 2 aromatic heterocycles. The third-order valence-corrected chi connectivity index (χ3v) is 4.91. The largest absolute Gasteiger partial charge is 0.337 e. The second kappa shape index (κ2) is 8.61. The highest BCUT2D eigenvalue weighted by atomic mass is 35.5. The van der Waals surface area contributed by atoms with Gasteiger partial charge in [0.2, 0.25) is 11.8 Å². The molecule has 0 unspecified atom stereocenters. The number of anilines is 1. The van der Waals surface area contributed by atoms with E-state index in [-0.39, 0.29) is 39.7 Å². The fraction of sp³-hybridized carbons (Fsp3) is 0.0909. The molecule has 0 aliphatic heterocycles. The average Bonchev–Trinajstić information content (AvgIpc) is 3.16. The van der Waals surface area contributed by atoms with E-state index in [0.29, 0.717) is 5.69 Å². The van der Waals surface area contributed by atoms with E-state index in [2.05, 4.69) is 20.4 Å². The fourth-order valence-corrected chi connectivity index (χ4v) is 3.32. The first-order valence-electron chi connectivity index (χ1n) is 9.19. The molecule has 0 aliphatic carbocycles. The molecule has 2 aromatic carbocycles. The first kappa shape index (κ1) is 20.6. The Morgan fingerprint density at radius 2 is 2.00 bits per heavy atom. The van der Waals surface area contributed by atoms with E-state index in [0.717, 1.165) is 5.56 Å². The van der Waals surface area contributed by atoms with Crippen LogP contribution in [0.1, 0.15) is 11.1 Å². The molecule has 0 bridgehead atoms. The SMILES string of the molecule is Cc1ccc(F)c(-c2noc(NC(=O)Cc3c(F)cccc3Cl)c2-c2ccncn2)c1. The number of carbonyl (C=O) groups is 1. The third-order valence-electron chi connectivity index (χ3n) is 4.56. The summed E-state index contributed by atoms with van der Waals surface area (Å²) in [4.78, 5) is 20.7. The van der Waals surface area contributed by atoms with Crippen molar-refractivity contribution in [2.75, 3.05) is 5.32 Å². The van der Waals surface area contributed by atoms with Gasteiger partial charge in [0.25, 0.3) is 0 Å². The van der Waals surface area contributed by atoms with Gasteiger partial charge in [0, 0.05) is 22.3 Å². The number of amides is 1. The zero-order valence-corrected chi connectivity index (χ0v) is 17.0. The Balaban J connectivity index is 1.74. The van der Waals surface area contributed by atoms with Crippen molar-refractivity contribution in [3.8, 4) is 22.5 Å². The second-order valence-corrected chi connectivity index (χ2v) is 7.15. The van der Waals surface area contributed by atoms with Gasteiger partial charge in [-0.3, -0.25) is 10.1 Å². The quantitative estimate of drug-likeness (QED) is 0.460. The summed E-state index contributed by atoms with van der Waals surface area (Å²) in [5, 5.41) is 6.66. The van der Waals surface area contributed by atoms with E-state index in [1.165, 1.54) is 36.8 Å². The number of rotatable bonds is 5. The van der Waals surface area contributed by atoms with Gasteiger partial charge in [-0.1, -0.05) is 34.5 Å². The average molecular weight is 441 g/mol. The number of nitrogens with one attached hydrogen (secondary N) is 1. The Labute approximate surface area is 180 Å². The van der Waals surface area contributed by atoms with Gasteiger partial charge in [0.15, 0.2) is 0 Å². The summed E-state index contributed by atoms with van der Waals surface area (Å²) in [5.74, 6) is -1.74. The molecule has 156 valence electrons. The molecule has 4 aromatic rings. The van der Waals surface area contributed by atoms with E-state index in [9.17, 15) is 13.6 Å². The van der Waals surface area contributed by atoms with Gasteiger partial charge in [-0.2, -0.15) is 0 Å². The molecular weight excluding hydrogens is 426 g/mol. The molecule has 0 aliphatic rings. The molecule has 2 heterocycles. The summed E-state index contributed by atoms with van der Waals surface area (Å²) < 4.78 is 33.9. The number of hydrogen-bond acceptors (Lipinski definition) is 5. The third kappa shape index (κ3) is 4.29. The van der Waals surface area contributed by atoms with Crippen LogP contribution in [0.25, 0.3) is 22.5 Å². The van der Waals surface area contributed by atoms with Gasteiger partial charge in [-0.15, -0.1) is 0 Å². The lowest BCUT2D eigenvalue weighted by Gasteiger charge is -2.08. The molecule has 0 spiro atoms. The van der Waals surface area contributed by atoms with Crippen molar-refractivity contribution in [2.24, 2.45) is 0 Å². The second-order valence-electron chi connectivity index (χ2n) is 6.74. The normalized spacial score (nSPS) is 10.8. The number of carbonyl (C=O) groups excluding carboxylic acids is 1. The minimum atomic E-state index is -0.598. The summed E-state index contributed by atoms with van der Waals surface area (Å²) in [6.45, 7) is 1.81. The van der Waals surface area contributed by atoms with Gasteiger partial charge in [-0.25, -0.2) is 18.7 Å². The maximum absolute atomic E-state index is 14.5. The first-order chi connectivity index (χ1) is 14.9. The van der Waals surface area contributed by atoms with Crippen LogP contribution >= 0.6 is 11.6 Å². The topological polar surface area (TPSA) is 80.9 Å². The predicted octanol–water partition coefficient (Wildman–Crippen LogP) is 5.22. The molecule has 1 amide bonds. The number of hydrogen-bond donors (Lipinski definition) is 1. The Morgan fingerprint density at radius 3 is 2.74 bits per heavy atom. The number of aromatic nitrogens is 3. The zero-order chi connectivity index (χ0) is 22.0. The lowest BCUT2D eigenvalue weighted by atomic mass is 10.0. The summed E-state index contributed by atoms with van der Waals surface area (Å²) in [6, 6.07) is 10.3. The number of halogens is 3. The smallest absolute Gasteiger partial charge is 0.241 e. The monoisotopic (exact) mass is 440 g/mol. The molecule has 31 heavy (non-hydrogen) atoms. The van der Waals surface area contributed by atoms with E-state index in [1.807, 2.05) is 6.92 Å². The predicted molar refractivity (Wildman–Crippen MR) is 111 cm³/mol. The van der Waals surface area contributed by atoms with Gasteiger partial charge < -0.3 is 4.52 Å². The summed E-state index contributed by atoms with van der Waals surface area (Å²) >= 11 is 6.01. The molecule has 0 saturated heterocycles. The fourth-order valence-electron chi connectivity index (χ4n) is 3.09. The highest BCUT2D eigenvalue weighted by molar-refractivity contribution is 6.31. The molecule has 0 atom stereocenters. The van der Waals surface area contributed by atoms with Crippen LogP contribution in [0.4, 0.5) is 14.7 Å². The Kier molecular flexibility index (Phi) is 5.73. The molecule has 1 N–H and O–H groups in total. The van der Waals surface area contributed by atoms with Crippen molar-refractivity contribution in [1.82, 2.24) is 15.1 Å². The summed E-state index contributed by atoms with van der Waals surface area (Å²) in [7, 11) is 0. The molecule has 0 saturated carbocycles. The number of nitrogens with zero attached hydrogens (tertiary/aromatic N) is 3. The van der Waals surface area contributed by atoms with Crippen LogP contribution in [0.5, 0.6) is 0 Å². The van der Waals surface area contributed by atoms with Crippen LogP contribution < -0.4 is 5.32 Å². The van der Waals surface area contributed by atoms with E-state index < -0.39 is 17.5 Å². The van der Waals surface area contributed by atoms with Crippen molar-refractivity contribution < 1.29 is 18.1 Å².